The lowest BCUT2D eigenvalue weighted by Gasteiger charge is -2.27. The van der Waals surface area contributed by atoms with E-state index in [1.54, 1.807) is 12.7 Å². The molecule has 0 N–H and O–H groups in total. The maximum atomic E-state index is 5.32. The van der Waals surface area contributed by atoms with Crippen molar-refractivity contribution in [3.8, 4) is 5.75 Å². The highest BCUT2D eigenvalue weighted by Gasteiger charge is 2.30. The highest BCUT2D eigenvalue weighted by Crippen LogP contribution is 2.39. The van der Waals surface area contributed by atoms with Gasteiger partial charge >= 0.3 is 0 Å². The topological polar surface area (TPSA) is 12.5 Å². The quantitative estimate of drug-likeness (QED) is 0.733. The monoisotopic (exact) mass is 231 g/mol. The Balaban J connectivity index is 1.88. The Labute approximate surface area is 104 Å². The molecule has 2 aliphatic heterocycles. The van der Waals surface area contributed by atoms with Crippen LogP contribution in [0.2, 0.25) is 0 Å². The zero-order valence-corrected chi connectivity index (χ0v) is 10.6. The largest absolute Gasteiger partial charge is 0.497 e. The van der Waals surface area contributed by atoms with Crippen molar-refractivity contribution in [2.75, 3.05) is 13.7 Å². The van der Waals surface area contributed by atoms with E-state index in [1.807, 2.05) is 0 Å². The molecule has 2 heterocycles. The molecule has 0 saturated carbocycles. The highest BCUT2D eigenvalue weighted by molar-refractivity contribution is 5.40. The van der Waals surface area contributed by atoms with Crippen LogP contribution < -0.4 is 4.74 Å². The van der Waals surface area contributed by atoms with E-state index in [-0.39, 0.29) is 0 Å². The second-order valence-electron chi connectivity index (χ2n) is 5.25. The molecular formula is C15H21NO. The number of nitrogens with zero attached hydrogens (tertiary/aromatic N) is 1. The fraction of sp³-hybridized carbons (Fsp3) is 0.600. The van der Waals surface area contributed by atoms with Crippen molar-refractivity contribution in [1.82, 2.24) is 4.90 Å². The molecule has 2 heteroatoms. The molecule has 1 atom stereocenters. The van der Waals surface area contributed by atoms with E-state index >= 15 is 0 Å². The van der Waals surface area contributed by atoms with Crippen molar-refractivity contribution >= 4 is 0 Å². The van der Waals surface area contributed by atoms with Gasteiger partial charge in [-0.1, -0.05) is 25.3 Å². The van der Waals surface area contributed by atoms with Crippen molar-refractivity contribution in [3.05, 3.63) is 29.3 Å². The van der Waals surface area contributed by atoms with Crippen LogP contribution in [0.1, 0.15) is 49.3 Å². The second kappa shape index (κ2) is 4.69. The lowest BCUT2D eigenvalue weighted by atomic mass is 9.97. The van der Waals surface area contributed by atoms with Crippen LogP contribution >= 0.6 is 0 Å². The lowest BCUT2D eigenvalue weighted by Crippen LogP contribution is -2.24. The summed E-state index contributed by atoms with van der Waals surface area (Å²) in [5, 5.41) is 0. The summed E-state index contributed by atoms with van der Waals surface area (Å²) < 4.78 is 5.32. The molecule has 0 bridgehead atoms. The van der Waals surface area contributed by atoms with Gasteiger partial charge in [-0.05, 0) is 42.6 Å². The molecule has 0 spiro atoms. The third-order valence-electron chi connectivity index (χ3n) is 4.20. The van der Waals surface area contributed by atoms with Crippen molar-refractivity contribution in [1.29, 1.82) is 0 Å². The molecule has 0 radical (unpaired) electrons. The molecule has 2 aliphatic rings. The SMILES string of the molecule is COc1ccc2c(c1)CN1CCCCCCC21. The zero-order chi connectivity index (χ0) is 11.7. The Hall–Kier alpha value is -1.02. The second-order valence-corrected chi connectivity index (χ2v) is 5.25. The maximum Gasteiger partial charge on any atom is 0.119 e. The smallest absolute Gasteiger partial charge is 0.119 e. The van der Waals surface area contributed by atoms with Crippen LogP contribution in [0, 0.1) is 0 Å². The summed E-state index contributed by atoms with van der Waals surface area (Å²) in [6.07, 6.45) is 6.90. The van der Waals surface area contributed by atoms with Gasteiger partial charge in [0.1, 0.15) is 5.75 Å². The lowest BCUT2D eigenvalue weighted by molar-refractivity contribution is 0.185. The third kappa shape index (κ3) is 2.06. The number of hydrogen-bond donors (Lipinski definition) is 0. The predicted molar refractivity (Wildman–Crippen MR) is 69.2 cm³/mol. The maximum absolute atomic E-state index is 5.32. The first-order valence-electron chi connectivity index (χ1n) is 6.79. The summed E-state index contributed by atoms with van der Waals surface area (Å²) in [6.45, 7) is 2.39. The van der Waals surface area contributed by atoms with Crippen LogP contribution in [0.15, 0.2) is 18.2 Å². The zero-order valence-electron chi connectivity index (χ0n) is 10.6. The number of fused-ring (bicyclic) bond motifs is 3. The number of ether oxygens (including phenoxy) is 1. The Morgan fingerprint density at radius 3 is 2.94 bits per heavy atom. The van der Waals surface area contributed by atoms with Gasteiger partial charge in [-0.15, -0.1) is 0 Å². The summed E-state index contributed by atoms with van der Waals surface area (Å²) in [5.74, 6) is 0.999. The summed E-state index contributed by atoms with van der Waals surface area (Å²) in [7, 11) is 1.75. The average molecular weight is 231 g/mol. The summed E-state index contributed by atoms with van der Waals surface area (Å²) >= 11 is 0. The summed E-state index contributed by atoms with van der Waals surface area (Å²) in [6, 6.07) is 7.29. The van der Waals surface area contributed by atoms with E-state index in [1.165, 1.54) is 44.2 Å². The van der Waals surface area contributed by atoms with E-state index in [0.717, 1.165) is 12.3 Å². The average Bonchev–Trinajstić information content (AvgIpc) is 2.65. The number of rotatable bonds is 1. The molecule has 1 fully saturated rings. The van der Waals surface area contributed by atoms with Crippen LogP contribution in [0.4, 0.5) is 0 Å². The molecular weight excluding hydrogens is 210 g/mol. The Morgan fingerprint density at radius 2 is 2.06 bits per heavy atom. The van der Waals surface area contributed by atoms with E-state index in [2.05, 4.69) is 23.1 Å². The van der Waals surface area contributed by atoms with Gasteiger partial charge in [-0.3, -0.25) is 4.90 Å². The van der Waals surface area contributed by atoms with E-state index in [9.17, 15) is 0 Å². The van der Waals surface area contributed by atoms with Gasteiger partial charge in [0.25, 0.3) is 0 Å². The van der Waals surface area contributed by atoms with E-state index in [4.69, 9.17) is 4.74 Å². The molecule has 1 unspecified atom stereocenters. The Bertz CT molecular complexity index is 402. The highest BCUT2D eigenvalue weighted by atomic mass is 16.5. The third-order valence-corrected chi connectivity index (χ3v) is 4.20. The molecule has 3 rings (SSSR count). The number of methoxy groups -OCH3 is 1. The number of benzene rings is 1. The molecule has 1 saturated heterocycles. The van der Waals surface area contributed by atoms with E-state index < -0.39 is 0 Å². The van der Waals surface area contributed by atoms with E-state index in [0.29, 0.717) is 6.04 Å². The minimum absolute atomic E-state index is 0.677. The van der Waals surface area contributed by atoms with Crippen molar-refractivity contribution in [2.24, 2.45) is 0 Å². The summed E-state index contributed by atoms with van der Waals surface area (Å²) in [4.78, 5) is 2.66. The molecule has 0 amide bonds. The van der Waals surface area contributed by atoms with Gasteiger partial charge in [-0.2, -0.15) is 0 Å². The fourth-order valence-electron chi connectivity index (χ4n) is 3.28. The fourth-order valence-corrected chi connectivity index (χ4v) is 3.28. The standard InChI is InChI=1S/C15H21NO/c1-17-13-7-8-14-12(10-13)11-16-9-5-3-2-4-6-15(14)16/h7-8,10,15H,2-6,9,11H2,1H3. The Morgan fingerprint density at radius 1 is 1.18 bits per heavy atom. The van der Waals surface area contributed by atoms with Gasteiger partial charge in [0.2, 0.25) is 0 Å². The molecule has 0 aliphatic carbocycles. The van der Waals surface area contributed by atoms with Crippen molar-refractivity contribution in [3.63, 3.8) is 0 Å². The summed E-state index contributed by atoms with van der Waals surface area (Å²) in [5.41, 5.74) is 3.03. The van der Waals surface area contributed by atoms with Gasteiger partial charge in [-0.25, -0.2) is 0 Å². The molecule has 17 heavy (non-hydrogen) atoms. The van der Waals surface area contributed by atoms with Crippen LogP contribution in [-0.2, 0) is 6.54 Å². The van der Waals surface area contributed by atoms with Gasteiger partial charge in [0.05, 0.1) is 7.11 Å². The van der Waals surface area contributed by atoms with Gasteiger partial charge in [0.15, 0.2) is 0 Å². The molecule has 1 aromatic rings. The minimum Gasteiger partial charge on any atom is -0.497 e. The minimum atomic E-state index is 0.677. The molecule has 2 nitrogen and oxygen atoms in total. The number of hydrogen-bond acceptors (Lipinski definition) is 2. The van der Waals surface area contributed by atoms with Gasteiger partial charge in [0, 0.05) is 12.6 Å². The first kappa shape index (κ1) is 11.1. The molecule has 1 aromatic carbocycles. The molecule has 0 aromatic heterocycles. The van der Waals surface area contributed by atoms with Gasteiger partial charge < -0.3 is 4.74 Å². The van der Waals surface area contributed by atoms with Crippen molar-refractivity contribution < 1.29 is 4.74 Å². The van der Waals surface area contributed by atoms with Crippen LogP contribution in [-0.4, -0.2) is 18.6 Å². The predicted octanol–water partition coefficient (Wildman–Crippen LogP) is 3.52. The first-order chi connectivity index (χ1) is 8.38. The molecule has 92 valence electrons. The normalized spacial score (nSPS) is 24.6. The Kier molecular flexibility index (Phi) is 3.06. The first-order valence-corrected chi connectivity index (χ1v) is 6.79. The van der Waals surface area contributed by atoms with Crippen LogP contribution in [0.3, 0.4) is 0 Å². The van der Waals surface area contributed by atoms with Crippen LogP contribution in [0.25, 0.3) is 0 Å². The van der Waals surface area contributed by atoms with Crippen LogP contribution in [0.5, 0.6) is 5.75 Å². The van der Waals surface area contributed by atoms with Crippen molar-refractivity contribution in [2.45, 2.75) is 44.7 Å².